The zero-order valence-electron chi connectivity index (χ0n) is 11.0. The van der Waals surface area contributed by atoms with Gasteiger partial charge in [0.15, 0.2) is 0 Å². The van der Waals surface area contributed by atoms with Gasteiger partial charge in [-0.15, -0.1) is 11.3 Å². The molecule has 0 bridgehead atoms. The lowest BCUT2D eigenvalue weighted by atomic mass is 10.1. The number of fused-ring (bicyclic) bond motifs is 1. The summed E-state index contributed by atoms with van der Waals surface area (Å²) in [6.07, 6.45) is 5.97. The van der Waals surface area contributed by atoms with Gasteiger partial charge in [0.1, 0.15) is 11.6 Å². The first kappa shape index (κ1) is 14.2. The van der Waals surface area contributed by atoms with Gasteiger partial charge in [-0.2, -0.15) is 0 Å². The van der Waals surface area contributed by atoms with Crippen molar-refractivity contribution in [2.45, 2.75) is 36.9 Å². The van der Waals surface area contributed by atoms with Crippen LogP contribution in [0.2, 0.25) is 0 Å². The normalized spacial score (nSPS) is 16.6. The van der Waals surface area contributed by atoms with Gasteiger partial charge in [-0.1, -0.05) is 22.4 Å². The number of thiophene rings is 1. The van der Waals surface area contributed by atoms with E-state index in [1.54, 1.807) is 11.3 Å². The Bertz CT molecular complexity index is 597. The zero-order valence-corrected chi connectivity index (χ0v) is 13.4. The lowest BCUT2D eigenvalue weighted by Gasteiger charge is -2.09. The minimum Gasteiger partial charge on any atom is -0.207 e. The van der Waals surface area contributed by atoms with E-state index in [9.17, 15) is 8.78 Å². The molecule has 106 valence electrons. The second-order valence-electron chi connectivity index (χ2n) is 5.19. The molecule has 0 nitrogen and oxygen atoms in total. The van der Waals surface area contributed by atoms with Crippen molar-refractivity contribution < 1.29 is 8.78 Å². The number of alkyl halides is 1. The van der Waals surface area contributed by atoms with Gasteiger partial charge >= 0.3 is 0 Å². The van der Waals surface area contributed by atoms with Crippen molar-refractivity contribution in [1.82, 2.24) is 0 Å². The maximum Gasteiger partial charge on any atom is 0.128 e. The van der Waals surface area contributed by atoms with Crippen molar-refractivity contribution in [3.05, 3.63) is 56.8 Å². The van der Waals surface area contributed by atoms with E-state index in [4.69, 9.17) is 0 Å². The Morgan fingerprint density at radius 1 is 1.05 bits per heavy atom. The number of halogens is 3. The molecule has 0 radical (unpaired) electrons. The van der Waals surface area contributed by atoms with Crippen LogP contribution in [0.15, 0.2) is 24.3 Å². The molecule has 3 rings (SSSR count). The molecule has 1 heterocycles. The van der Waals surface area contributed by atoms with E-state index >= 15 is 0 Å². The fourth-order valence-electron chi connectivity index (χ4n) is 2.68. The Labute approximate surface area is 130 Å². The molecule has 0 fully saturated rings. The van der Waals surface area contributed by atoms with Crippen molar-refractivity contribution in [2.24, 2.45) is 0 Å². The maximum atomic E-state index is 13.9. The summed E-state index contributed by atoms with van der Waals surface area (Å²) in [6.45, 7) is 0. The molecule has 20 heavy (non-hydrogen) atoms. The molecular weight excluding hydrogens is 342 g/mol. The van der Waals surface area contributed by atoms with E-state index in [0.29, 0.717) is 5.56 Å². The molecule has 1 atom stereocenters. The van der Waals surface area contributed by atoms with Gasteiger partial charge in [0.05, 0.1) is 4.83 Å². The van der Waals surface area contributed by atoms with Gasteiger partial charge in [-0.25, -0.2) is 8.78 Å². The van der Waals surface area contributed by atoms with Crippen LogP contribution in [0.4, 0.5) is 8.78 Å². The molecular formula is C16H15BrF2S. The van der Waals surface area contributed by atoms with Gasteiger partial charge in [0.2, 0.25) is 0 Å². The van der Waals surface area contributed by atoms with Crippen LogP contribution >= 0.6 is 27.3 Å². The SMILES string of the molecule is Fc1ccc(F)c(C(Br)c2cc3c(s2)CCCCC3)c1. The van der Waals surface area contributed by atoms with E-state index in [-0.39, 0.29) is 10.6 Å². The fraction of sp³-hybridized carbons (Fsp3) is 0.375. The van der Waals surface area contributed by atoms with Crippen LogP contribution in [0.1, 0.15) is 45.0 Å². The van der Waals surface area contributed by atoms with Gasteiger partial charge in [0.25, 0.3) is 0 Å². The molecule has 1 unspecified atom stereocenters. The summed E-state index contributed by atoms with van der Waals surface area (Å²) in [6, 6.07) is 5.79. The second-order valence-corrected chi connectivity index (χ2v) is 7.27. The minimum absolute atomic E-state index is 0.268. The smallest absolute Gasteiger partial charge is 0.128 e. The fourth-order valence-corrected chi connectivity index (χ4v) is 4.70. The number of rotatable bonds is 2. The molecule has 4 heteroatoms. The second kappa shape index (κ2) is 5.94. The largest absolute Gasteiger partial charge is 0.207 e. The summed E-state index contributed by atoms with van der Waals surface area (Å²) < 4.78 is 27.2. The Morgan fingerprint density at radius 2 is 1.85 bits per heavy atom. The first-order valence-corrected chi connectivity index (χ1v) is 8.59. The third-order valence-electron chi connectivity index (χ3n) is 3.75. The molecule has 0 aliphatic heterocycles. The Kier molecular flexibility index (Phi) is 4.22. The van der Waals surface area contributed by atoms with Gasteiger partial charge in [-0.05, 0) is 55.5 Å². The average Bonchev–Trinajstić information content (AvgIpc) is 2.72. The third kappa shape index (κ3) is 2.82. The van der Waals surface area contributed by atoms with Crippen LogP contribution in [0.5, 0.6) is 0 Å². The number of hydrogen-bond acceptors (Lipinski definition) is 1. The molecule has 0 saturated heterocycles. The molecule has 0 spiro atoms. The monoisotopic (exact) mass is 356 g/mol. The highest BCUT2D eigenvalue weighted by molar-refractivity contribution is 9.09. The standard InChI is InChI=1S/C16H15BrF2S/c17-16(12-9-11(18)6-7-13(12)19)15-8-10-4-2-1-3-5-14(10)20-15/h6-9,16H,1-5H2. The van der Waals surface area contributed by atoms with Crippen LogP contribution in [0, 0.1) is 11.6 Å². The Balaban J connectivity index is 1.94. The highest BCUT2D eigenvalue weighted by atomic mass is 79.9. The van der Waals surface area contributed by atoms with E-state index in [1.807, 2.05) is 0 Å². The Morgan fingerprint density at radius 3 is 2.70 bits per heavy atom. The van der Waals surface area contributed by atoms with E-state index < -0.39 is 5.82 Å². The number of aryl methyl sites for hydroxylation is 2. The first-order chi connectivity index (χ1) is 9.65. The average molecular weight is 357 g/mol. The van der Waals surface area contributed by atoms with Crippen molar-refractivity contribution in [2.75, 3.05) is 0 Å². The summed E-state index contributed by atoms with van der Waals surface area (Å²) in [5, 5.41) is 0. The van der Waals surface area contributed by atoms with E-state index in [2.05, 4.69) is 22.0 Å². The molecule has 1 aromatic heterocycles. The highest BCUT2D eigenvalue weighted by Gasteiger charge is 2.20. The maximum absolute atomic E-state index is 13.9. The first-order valence-electron chi connectivity index (χ1n) is 6.85. The molecule has 1 aliphatic carbocycles. The van der Waals surface area contributed by atoms with Crippen molar-refractivity contribution in [1.29, 1.82) is 0 Å². The molecule has 0 N–H and O–H groups in total. The van der Waals surface area contributed by atoms with Crippen molar-refractivity contribution in [3.8, 4) is 0 Å². The molecule has 1 aromatic carbocycles. The van der Waals surface area contributed by atoms with Gasteiger partial charge in [0, 0.05) is 15.3 Å². The summed E-state index contributed by atoms with van der Waals surface area (Å²) in [5.74, 6) is -0.763. The van der Waals surface area contributed by atoms with Crippen molar-refractivity contribution in [3.63, 3.8) is 0 Å². The van der Waals surface area contributed by atoms with Crippen molar-refractivity contribution >= 4 is 27.3 Å². The third-order valence-corrected chi connectivity index (χ3v) is 6.34. The number of hydrogen-bond donors (Lipinski definition) is 0. The molecule has 0 saturated carbocycles. The van der Waals surface area contributed by atoms with Crippen LogP contribution in [-0.2, 0) is 12.8 Å². The van der Waals surface area contributed by atoms with Crippen LogP contribution in [-0.4, -0.2) is 0 Å². The lowest BCUT2D eigenvalue weighted by molar-refractivity contribution is 0.588. The predicted molar refractivity (Wildman–Crippen MR) is 82.7 cm³/mol. The molecule has 2 aromatic rings. The van der Waals surface area contributed by atoms with Crippen LogP contribution in [0.25, 0.3) is 0 Å². The summed E-state index contributed by atoms with van der Waals surface area (Å²) in [4.78, 5) is 2.22. The quantitative estimate of drug-likeness (QED) is 0.472. The lowest BCUT2D eigenvalue weighted by Crippen LogP contribution is -1.95. The van der Waals surface area contributed by atoms with Gasteiger partial charge < -0.3 is 0 Å². The van der Waals surface area contributed by atoms with Crippen LogP contribution in [0.3, 0.4) is 0 Å². The summed E-state index contributed by atoms with van der Waals surface area (Å²) >= 11 is 5.26. The van der Waals surface area contributed by atoms with E-state index in [0.717, 1.165) is 23.8 Å². The molecule has 1 aliphatic rings. The topological polar surface area (TPSA) is 0 Å². The Hall–Kier alpha value is -0.740. The van der Waals surface area contributed by atoms with E-state index in [1.165, 1.54) is 41.8 Å². The van der Waals surface area contributed by atoms with Crippen LogP contribution < -0.4 is 0 Å². The summed E-state index contributed by atoms with van der Waals surface area (Å²) in [5.41, 5.74) is 1.77. The predicted octanol–water partition coefficient (Wildman–Crippen LogP) is 5.78. The van der Waals surface area contributed by atoms with Gasteiger partial charge in [-0.3, -0.25) is 0 Å². The molecule has 0 amide bonds. The zero-order chi connectivity index (χ0) is 14.1. The number of benzene rings is 1. The highest BCUT2D eigenvalue weighted by Crippen LogP contribution is 2.40. The summed E-state index contributed by atoms with van der Waals surface area (Å²) in [7, 11) is 0. The minimum atomic E-state index is -0.399.